The third kappa shape index (κ3) is 5.47. The van der Waals surface area contributed by atoms with Gasteiger partial charge in [-0.1, -0.05) is 0 Å². The largest absolute Gasteiger partial charge is 2.00 e. The van der Waals surface area contributed by atoms with Gasteiger partial charge in [0.05, 0.1) is 6.61 Å². The van der Waals surface area contributed by atoms with Gasteiger partial charge < -0.3 is 33.2 Å². The maximum absolute atomic E-state index is 9.90. The molecular formula is C6H14BaO6. The van der Waals surface area contributed by atoms with Crippen LogP contribution in [-0.2, 0) is 4.79 Å². The van der Waals surface area contributed by atoms with E-state index in [1.807, 2.05) is 0 Å². The van der Waals surface area contributed by atoms with Crippen LogP contribution in [0, 0.1) is 0 Å². The number of hydrogen-bond donors (Lipinski definition) is 5. The molecule has 7 heteroatoms. The molecule has 0 spiro atoms. The van der Waals surface area contributed by atoms with Crippen LogP contribution in [0.2, 0.25) is 0 Å². The van der Waals surface area contributed by atoms with Crippen molar-refractivity contribution in [3.8, 4) is 0 Å². The number of aliphatic hydroxyl groups is 5. The molecule has 0 aromatic rings. The first kappa shape index (κ1) is 16.5. The zero-order valence-electron chi connectivity index (χ0n) is 8.95. The molecule has 13 heavy (non-hydrogen) atoms. The van der Waals surface area contributed by atoms with Crippen LogP contribution in [-0.4, -0.2) is 112 Å². The van der Waals surface area contributed by atoms with E-state index >= 15 is 0 Å². The first-order valence-corrected chi connectivity index (χ1v) is 3.33. The Hall–Kier alpha value is 1.04. The fourth-order valence-corrected chi connectivity index (χ4v) is 0.618. The van der Waals surface area contributed by atoms with Crippen molar-refractivity contribution in [1.29, 1.82) is 0 Å². The molecule has 0 aromatic heterocycles. The molecule has 0 bridgehead atoms. The predicted molar refractivity (Wildman–Crippen MR) is 45.2 cm³/mol. The van der Waals surface area contributed by atoms with Crippen LogP contribution >= 0.6 is 0 Å². The number of carbonyl (C=O) groups is 1. The molecule has 76 valence electrons. The van der Waals surface area contributed by atoms with E-state index in [9.17, 15) is 4.79 Å². The first-order chi connectivity index (χ1) is 5.54. The molecule has 0 amide bonds. The molecule has 0 rings (SSSR count). The Balaban J connectivity index is -0.000000202. The molecule has 4 atom stereocenters. The van der Waals surface area contributed by atoms with E-state index in [0.717, 1.165) is 0 Å². The van der Waals surface area contributed by atoms with Crippen molar-refractivity contribution < 1.29 is 33.2 Å². The van der Waals surface area contributed by atoms with Gasteiger partial charge >= 0.3 is 48.9 Å². The van der Waals surface area contributed by atoms with Crippen LogP contribution in [0.25, 0.3) is 0 Å². The molecule has 0 unspecified atom stereocenters. The van der Waals surface area contributed by atoms with Crippen molar-refractivity contribution in [1.82, 2.24) is 0 Å². The Labute approximate surface area is 118 Å². The molecule has 0 heterocycles. The summed E-state index contributed by atoms with van der Waals surface area (Å²) in [5, 5.41) is 43.5. The van der Waals surface area contributed by atoms with Crippen LogP contribution in [0.3, 0.4) is 0 Å². The van der Waals surface area contributed by atoms with Gasteiger partial charge in [0.15, 0.2) is 6.29 Å². The fraction of sp³-hybridized carbons (Fsp3) is 0.833. The van der Waals surface area contributed by atoms with E-state index < -0.39 is 31.0 Å². The summed E-state index contributed by atoms with van der Waals surface area (Å²) < 4.78 is 0. The van der Waals surface area contributed by atoms with Crippen molar-refractivity contribution >= 4 is 55.2 Å². The quantitative estimate of drug-likeness (QED) is 0.265. The van der Waals surface area contributed by atoms with Crippen LogP contribution in [0.5, 0.6) is 0 Å². The van der Waals surface area contributed by atoms with Gasteiger partial charge in [-0.15, -0.1) is 0 Å². The number of carbonyl (C=O) groups excluding carboxylic acids is 1. The van der Waals surface area contributed by atoms with Gasteiger partial charge in [0.2, 0.25) is 0 Å². The molecule has 0 saturated heterocycles. The van der Waals surface area contributed by atoms with Gasteiger partial charge in [-0.05, 0) is 0 Å². The third-order valence-electron chi connectivity index (χ3n) is 1.42. The Bertz CT molecular complexity index is 152. The SMILES string of the molecule is O=C[C@H](O)[C@@H](O)[C@H](O)[C@H](O)CO.[Ba+2].[H-].[H-]. The van der Waals surface area contributed by atoms with Gasteiger partial charge in [0, 0.05) is 0 Å². The minimum Gasteiger partial charge on any atom is -1.00 e. The van der Waals surface area contributed by atoms with Gasteiger partial charge in [0.1, 0.15) is 24.4 Å². The molecule has 0 aliphatic heterocycles. The fourth-order valence-electron chi connectivity index (χ4n) is 0.618. The second kappa shape index (κ2) is 8.36. The molecule has 0 aromatic carbocycles. The molecule has 5 N–H and O–H groups in total. The zero-order valence-corrected chi connectivity index (χ0v) is 11.4. The molecule has 0 radical (unpaired) electrons. The topological polar surface area (TPSA) is 118 Å². The number of aliphatic hydroxyl groups excluding tert-OH is 5. The third-order valence-corrected chi connectivity index (χ3v) is 1.42. The van der Waals surface area contributed by atoms with E-state index in [2.05, 4.69) is 0 Å². The van der Waals surface area contributed by atoms with E-state index in [1.54, 1.807) is 0 Å². The Kier molecular flexibility index (Phi) is 10.6. The molecule has 0 saturated carbocycles. The maximum Gasteiger partial charge on any atom is 2.00 e. The summed E-state index contributed by atoms with van der Waals surface area (Å²) in [5.41, 5.74) is 0. The van der Waals surface area contributed by atoms with E-state index in [-0.39, 0.29) is 58.0 Å². The van der Waals surface area contributed by atoms with Crippen molar-refractivity contribution in [2.24, 2.45) is 0 Å². The van der Waals surface area contributed by atoms with E-state index in [4.69, 9.17) is 25.5 Å². The van der Waals surface area contributed by atoms with E-state index in [0.29, 0.717) is 0 Å². The van der Waals surface area contributed by atoms with Crippen LogP contribution in [0.1, 0.15) is 2.85 Å². The Morgan fingerprint density at radius 1 is 1.15 bits per heavy atom. The standard InChI is InChI=1S/C6H12O6.Ba.2H/c7-1-3(9)5(11)6(12)4(10)2-8;;;/h1,3-6,8-12H,2H2;;;/q;+2;2*-1/t3-,4+,5+,6+;;;/m0.../s1. The summed E-state index contributed by atoms with van der Waals surface area (Å²) in [6.07, 6.45) is -6.84. The predicted octanol–water partition coefficient (Wildman–Crippen LogP) is -3.53. The molecule has 0 fully saturated rings. The smallest absolute Gasteiger partial charge is 1.00 e. The normalized spacial score (nSPS) is 19.5. The van der Waals surface area contributed by atoms with E-state index in [1.165, 1.54) is 0 Å². The monoisotopic (exact) mass is 320 g/mol. The number of rotatable bonds is 5. The van der Waals surface area contributed by atoms with Crippen LogP contribution in [0.15, 0.2) is 0 Å². The summed E-state index contributed by atoms with van der Waals surface area (Å²) in [4.78, 5) is 9.90. The van der Waals surface area contributed by atoms with Crippen LogP contribution < -0.4 is 0 Å². The van der Waals surface area contributed by atoms with Crippen LogP contribution in [0.4, 0.5) is 0 Å². The molecule has 0 aliphatic carbocycles. The summed E-state index contributed by atoms with van der Waals surface area (Å²) >= 11 is 0. The minimum absolute atomic E-state index is 0. The first-order valence-electron chi connectivity index (χ1n) is 3.33. The van der Waals surface area contributed by atoms with Gasteiger partial charge in [-0.25, -0.2) is 0 Å². The zero-order chi connectivity index (χ0) is 9.72. The van der Waals surface area contributed by atoms with Gasteiger partial charge in [-0.2, -0.15) is 0 Å². The Morgan fingerprint density at radius 2 is 1.62 bits per heavy atom. The van der Waals surface area contributed by atoms with Gasteiger partial charge in [0.25, 0.3) is 0 Å². The van der Waals surface area contributed by atoms with Crippen molar-refractivity contribution in [3.63, 3.8) is 0 Å². The second-order valence-electron chi connectivity index (χ2n) is 2.36. The summed E-state index contributed by atoms with van der Waals surface area (Å²) in [5.74, 6) is 0. The summed E-state index contributed by atoms with van der Waals surface area (Å²) in [6.45, 7) is -0.760. The van der Waals surface area contributed by atoms with Crippen molar-refractivity contribution in [2.45, 2.75) is 24.4 Å². The number of aldehydes is 1. The average molecular weight is 319 g/mol. The minimum atomic E-state index is -1.79. The summed E-state index contributed by atoms with van der Waals surface area (Å²) in [6, 6.07) is 0. The van der Waals surface area contributed by atoms with Gasteiger partial charge in [-0.3, -0.25) is 0 Å². The summed E-state index contributed by atoms with van der Waals surface area (Å²) in [7, 11) is 0. The molecule has 0 aliphatic rings. The number of hydrogen-bond acceptors (Lipinski definition) is 6. The molecular weight excluding hydrogens is 305 g/mol. The molecule has 6 nitrogen and oxygen atoms in total. The average Bonchev–Trinajstić information content (AvgIpc) is 2.12. The van der Waals surface area contributed by atoms with Crippen molar-refractivity contribution in [2.75, 3.05) is 6.61 Å². The Morgan fingerprint density at radius 3 is 1.92 bits per heavy atom. The maximum atomic E-state index is 9.90. The second-order valence-corrected chi connectivity index (χ2v) is 2.36. The van der Waals surface area contributed by atoms with Crippen molar-refractivity contribution in [3.05, 3.63) is 0 Å².